The number of nitrogens with zero attached hydrogens (tertiary/aromatic N) is 1. The Bertz CT molecular complexity index is 396. The summed E-state index contributed by atoms with van der Waals surface area (Å²) < 4.78 is 11.1. The normalized spacial score (nSPS) is 17.9. The van der Waals surface area contributed by atoms with E-state index >= 15 is 0 Å². The van der Waals surface area contributed by atoms with Crippen molar-refractivity contribution in [2.45, 2.75) is 24.5 Å². The van der Waals surface area contributed by atoms with E-state index in [0.29, 0.717) is 0 Å². The highest BCUT2D eigenvalue weighted by molar-refractivity contribution is 7.52. The summed E-state index contributed by atoms with van der Waals surface area (Å²) in [5.41, 5.74) is -3.50. The van der Waals surface area contributed by atoms with Gasteiger partial charge in [0, 0.05) is 0 Å². The number of hydrogen-bond acceptors (Lipinski definition) is 4. The van der Waals surface area contributed by atoms with Gasteiger partial charge in [0.15, 0.2) is 5.54 Å². The van der Waals surface area contributed by atoms with Crippen molar-refractivity contribution >= 4 is 13.6 Å². The maximum Gasteiger partial charge on any atom is 0.335 e. The fourth-order valence-electron chi connectivity index (χ4n) is 2.05. The first-order chi connectivity index (χ1) is 7.76. The molecule has 0 rings (SSSR count). The minimum atomic E-state index is -4.67. The molecule has 0 aliphatic carbocycles. The molecule has 0 aliphatic rings. The number of carboxylic acids is 1. The molecule has 0 aromatic carbocycles. The highest BCUT2D eigenvalue weighted by atomic mass is 31.2. The quantitative estimate of drug-likeness (QED) is 0.333. The number of quaternary nitrogens is 1. The zero-order valence-corrected chi connectivity index (χ0v) is 11.8. The lowest BCUT2D eigenvalue weighted by molar-refractivity contribution is -0.915. The monoisotopic (exact) mass is 281 g/mol. The van der Waals surface area contributed by atoms with E-state index in [4.69, 9.17) is 0 Å². The average molecular weight is 281 g/mol. The predicted molar refractivity (Wildman–Crippen MR) is 63.7 cm³/mol. The molecule has 106 valence electrons. The highest BCUT2D eigenvalue weighted by Gasteiger charge is 2.56. The standard InChI is InChI=1S/C10H20NO6P/c1-7(12)6-10(9(13)14,11(3,4)5)8(2)18(15,16)17/h8H,1,6H2,2-5H3,(H3-,12,13,14,15,16,17). The number of aliphatic hydroxyl groups excluding tert-OH is 1. The van der Waals surface area contributed by atoms with Gasteiger partial charge in [-0.2, -0.15) is 0 Å². The zero-order chi connectivity index (χ0) is 14.9. The van der Waals surface area contributed by atoms with Crippen molar-refractivity contribution in [2.24, 2.45) is 0 Å². The van der Waals surface area contributed by atoms with Gasteiger partial charge in [-0.1, -0.05) is 6.58 Å². The van der Waals surface area contributed by atoms with Crippen molar-refractivity contribution in [2.75, 3.05) is 21.1 Å². The second kappa shape index (κ2) is 5.01. The summed E-state index contributed by atoms with van der Waals surface area (Å²) in [5.74, 6) is -2.10. The largest absolute Gasteiger partial charge is 0.544 e. The summed E-state index contributed by atoms with van der Waals surface area (Å²) >= 11 is 0. The number of likely N-dealkylation sites (N-methyl/N-ethyl adjacent to an activating group) is 1. The maximum absolute atomic E-state index is 11.5. The predicted octanol–water partition coefficient (Wildman–Crippen LogP) is -0.791. The van der Waals surface area contributed by atoms with E-state index in [-0.39, 0.29) is 4.48 Å². The molecule has 0 bridgehead atoms. The van der Waals surface area contributed by atoms with Crippen LogP contribution in [0.1, 0.15) is 13.3 Å². The zero-order valence-electron chi connectivity index (χ0n) is 11.0. The summed E-state index contributed by atoms with van der Waals surface area (Å²) in [5, 5.41) is 20.7. The molecule has 0 saturated heterocycles. The minimum Gasteiger partial charge on any atom is -0.544 e. The first-order valence-corrected chi connectivity index (χ1v) is 6.90. The number of carbonyl (C=O) groups excluding carboxylic acids is 1. The molecule has 0 heterocycles. The van der Waals surface area contributed by atoms with Crippen LogP contribution in [0.15, 0.2) is 12.3 Å². The third-order valence-electron chi connectivity index (χ3n) is 3.22. The van der Waals surface area contributed by atoms with Crippen molar-refractivity contribution in [3.05, 3.63) is 12.3 Å². The summed E-state index contributed by atoms with van der Waals surface area (Å²) in [6.07, 6.45) is -0.495. The van der Waals surface area contributed by atoms with E-state index in [9.17, 15) is 29.4 Å². The fraction of sp³-hybridized carbons (Fsp3) is 0.700. The molecule has 2 atom stereocenters. The van der Waals surface area contributed by atoms with Gasteiger partial charge in [0.25, 0.3) is 0 Å². The van der Waals surface area contributed by atoms with Crippen LogP contribution in [-0.2, 0) is 9.36 Å². The number of aliphatic hydroxyl groups is 1. The smallest absolute Gasteiger partial charge is 0.335 e. The van der Waals surface area contributed by atoms with Crippen LogP contribution in [0.2, 0.25) is 0 Å². The Morgan fingerprint density at radius 2 is 1.83 bits per heavy atom. The van der Waals surface area contributed by atoms with Gasteiger partial charge in [0.05, 0.1) is 33.3 Å². The molecular weight excluding hydrogens is 261 g/mol. The number of aliphatic carboxylic acids is 1. The molecule has 0 amide bonds. The second-order valence-electron chi connectivity index (χ2n) is 5.23. The Morgan fingerprint density at radius 3 is 2.00 bits per heavy atom. The van der Waals surface area contributed by atoms with Gasteiger partial charge in [-0.25, -0.2) is 0 Å². The van der Waals surface area contributed by atoms with Crippen LogP contribution in [-0.4, -0.2) is 57.7 Å². The molecule has 0 aromatic rings. The third kappa shape index (κ3) is 3.11. The van der Waals surface area contributed by atoms with E-state index < -0.39 is 36.9 Å². The Labute approximate surface area is 106 Å². The number of carbonyl (C=O) groups is 1. The first-order valence-electron chi connectivity index (χ1n) is 5.21. The molecule has 0 saturated carbocycles. The van der Waals surface area contributed by atoms with Crippen LogP contribution in [0.25, 0.3) is 0 Å². The van der Waals surface area contributed by atoms with Crippen molar-refractivity contribution in [1.29, 1.82) is 0 Å². The molecule has 0 spiro atoms. The van der Waals surface area contributed by atoms with Crippen LogP contribution >= 0.6 is 7.60 Å². The number of carboxylic acid groups (broad SMARTS) is 1. The topological polar surface area (TPSA) is 118 Å². The van der Waals surface area contributed by atoms with E-state index in [1.807, 2.05) is 0 Å². The molecule has 7 nitrogen and oxygen atoms in total. The van der Waals surface area contributed by atoms with E-state index in [2.05, 4.69) is 6.58 Å². The Hall–Kier alpha value is -0.880. The SMILES string of the molecule is C=C(O)CC(C(=O)[O-])(C(C)P(=O)(O)O)[N+](C)(C)C. The number of rotatable bonds is 6. The van der Waals surface area contributed by atoms with Crippen molar-refractivity contribution in [1.82, 2.24) is 0 Å². The van der Waals surface area contributed by atoms with E-state index in [1.165, 1.54) is 21.1 Å². The van der Waals surface area contributed by atoms with Gasteiger partial charge in [0.1, 0.15) is 11.6 Å². The van der Waals surface area contributed by atoms with Crippen LogP contribution in [0.3, 0.4) is 0 Å². The van der Waals surface area contributed by atoms with Crippen molar-refractivity contribution in [3.63, 3.8) is 0 Å². The van der Waals surface area contributed by atoms with Gasteiger partial charge in [-0.3, -0.25) is 4.57 Å². The van der Waals surface area contributed by atoms with Gasteiger partial charge in [-0.15, -0.1) is 0 Å². The van der Waals surface area contributed by atoms with Crippen molar-refractivity contribution < 1.29 is 33.8 Å². The lowest BCUT2D eigenvalue weighted by atomic mass is 9.87. The molecule has 8 heteroatoms. The van der Waals surface area contributed by atoms with Crippen LogP contribution < -0.4 is 5.11 Å². The van der Waals surface area contributed by atoms with Crippen molar-refractivity contribution in [3.8, 4) is 0 Å². The maximum atomic E-state index is 11.5. The Kier molecular flexibility index (Phi) is 4.77. The molecule has 0 radical (unpaired) electrons. The molecule has 18 heavy (non-hydrogen) atoms. The van der Waals surface area contributed by atoms with Crippen LogP contribution in [0.4, 0.5) is 0 Å². The Balaban J connectivity index is 6.03. The minimum absolute atomic E-state index is 0.318. The Morgan fingerprint density at radius 1 is 1.44 bits per heavy atom. The summed E-state index contributed by atoms with van der Waals surface area (Å²) in [4.78, 5) is 30.0. The summed E-state index contributed by atoms with van der Waals surface area (Å²) in [6, 6.07) is 0. The number of hydrogen-bond donors (Lipinski definition) is 3. The first kappa shape index (κ1) is 17.1. The molecule has 2 unspecified atom stereocenters. The lowest BCUT2D eigenvalue weighted by Gasteiger charge is -2.49. The third-order valence-corrected chi connectivity index (χ3v) is 4.66. The van der Waals surface area contributed by atoms with Crippen LogP contribution in [0, 0.1) is 0 Å². The van der Waals surface area contributed by atoms with E-state index in [1.54, 1.807) is 0 Å². The summed E-state index contributed by atoms with van der Waals surface area (Å²) in [7, 11) is -0.284. The van der Waals surface area contributed by atoms with Gasteiger partial charge < -0.3 is 29.3 Å². The fourth-order valence-corrected chi connectivity index (χ4v) is 3.15. The van der Waals surface area contributed by atoms with Gasteiger partial charge in [-0.05, 0) is 6.92 Å². The molecule has 0 aromatic heterocycles. The van der Waals surface area contributed by atoms with E-state index in [0.717, 1.165) is 6.92 Å². The van der Waals surface area contributed by atoms with Gasteiger partial charge >= 0.3 is 7.60 Å². The lowest BCUT2D eigenvalue weighted by Crippen LogP contribution is -2.71. The molecule has 0 aliphatic heterocycles. The molecule has 3 N–H and O–H groups in total. The second-order valence-corrected chi connectivity index (χ2v) is 7.19. The van der Waals surface area contributed by atoms with Gasteiger partial charge in [0.2, 0.25) is 0 Å². The summed E-state index contributed by atoms with van der Waals surface area (Å²) in [6.45, 7) is 4.33. The average Bonchev–Trinajstić information content (AvgIpc) is 2.08. The molecular formula is C10H20NO6P. The molecule has 0 fully saturated rings. The highest BCUT2D eigenvalue weighted by Crippen LogP contribution is 2.50. The van der Waals surface area contributed by atoms with Crippen LogP contribution in [0.5, 0.6) is 0 Å².